The summed E-state index contributed by atoms with van der Waals surface area (Å²) in [6, 6.07) is 0. The molecule has 0 bridgehead atoms. The largest absolute Gasteiger partial charge is 0.469 e. The number of carbonyl (C=O) groups excluding carboxylic acids is 1. The summed E-state index contributed by atoms with van der Waals surface area (Å²) in [6.45, 7) is 6.83. The van der Waals surface area contributed by atoms with Crippen LogP contribution in [-0.2, 0) is 16.0 Å². The molecule has 0 amide bonds. The van der Waals surface area contributed by atoms with E-state index in [1.165, 1.54) is 32.8 Å². The molecule has 21 heavy (non-hydrogen) atoms. The molecular weight excluding hydrogens is 284 g/mol. The van der Waals surface area contributed by atoms with Gasteiger partial charge in [-0.25, -0.2) is 4.98 Å². The van der Waals surface area contributed by atoms with Crippen molar-refractivity contribution in [3.8, 4) is 0 Å². The number of rotatable bonds is 6. The Labute approximate surface area is 131 Å². The summed E-state index contributed by atoms with van der Waals surface area (Å²) in [5.74, 6) is -0.168. The Balaban J connectivity index is 1.89. The maximum absolute atomic E-state index is 11.2. The van der Waals surface area contributed by atoms with Crippen LogP contribution in [0.15, 0.2) is 5.38 Å². The predicted octanol–water partition coefficient (Wildman–Crippen LogP) is 3.66. The lowest BCUT2D eigenvalue weighted by atomic mass is 9.74. The molecule has 2 heterocycles. The van der Waals surface area contributed by atoms with Crippen molar-refractivity contribution in [1.82, 2.24) is 4.98 Å². The molecule has 5 heteroatoms. The highest BCUT2D eigenvalue weighted by Crippen LogP contribution is 2.39. The molecule has 0 N–H and O–H groups in total. The van der Waals surface area contributed by atoms with Crippen molar-refractivity contribution < 1.29 is 9.53 Å². The van der Waals surface area contributed by atoms with Crippen LogP contribution in [0, 0.1) is 5.41 Å². The number of hydrogen-bond donors (Lipinski definition) is 0. The van der Waals surface area contributed by atoms with Gasteiger partial charge in [0.2, 0.25) is 0 Å². The molecule has 0 radical (unpaired) electrons. The second kappa shape index (κ2) is 7.25. The van der Waals surface area contributed by atoms with Crippen LogP contribution in [-0.4, -0.2) is 31.2 Å². The number of thiazole rings is 1. The fourth-order valence-electron chi connectivity index (χ4n) is 3.02. The summed E-state index contributed by atoms with van der Waals surface area (Å²) < 4.78 is 4.67. The monoisotopic (exact) mass is 310 g/mol. The van der Waals surface area contributed by atoms with Crippen LogP contribution in [0.5, 0.6) is 0 Å². The molecule has 1 aliphatic heterocycles. The van der Waals surface area contributed by atoms with Crippen LogP contribution in [0.25, 0.3) is 0 Å². The van der Waals surface area contributed by atoms with E-state index in [1.54, 1.807) is 11.3 Å². The van der Waals surface area contributed by atoms with Gasteiger partial charge in [0.1, 0.15) is 0 Å². The average molecular weight is 310 g/mol. The normalized spacial score (nSPS) is 17.8. The molecule has 0 aliphatic carbocycles. The van der Waals surface area contributed by atoms with E-state index < -0.39 is 0 Å². The van der Waals surface area contributed by atoms with Gasteiger partial charge in [0.15, 0.2) is 5.13 Å². The molecule has 4 nitrogen and oxygen atoms in total. The highest BCUT2D eigenvalue weighted by molar-refractivity contribution is 7.13. The van der Waals surface area contributed by atoms with Gasteiger partial charge in [-0.3, -0.25) is 4.79 Å². The van der Waals surface area contributed by atoms with Crippen molar-refractivity contribution in [3.63, 3.8) is 0 Å². The van der Waals surface area contributed by atoms with Gasteiger partial charge < -0.3 is 9.64 Å². The molecule has 0 atom stereocenters. The fraction of sp³-hybridized carbons (Fsp3) is 0.750. The summed E-state index contributed by atoms with van der Waals surface area (Å²) >= 11 is 1.69. The number of piperidine rings is 1. The van der Waals surface area contributed by atoms with Crippen LogP contribution in [0.4, 0.5) is 5.13 Å². The SMILES string of the molecule is CCC1(CC)CCN(c2nc(CCC(=O)OC)cs2)CC1. The molecule has 0 aromatic carbocycles. The van der Waals surface area contributed by atoms with E-state index in [0.717, 1.165) is 23.9 Å². The van der Waals surface area contributed by atoms with E-state index in [-0.39, 0.29) is 5.97 Å². The Morgan fingerprint density at radius 1 is 1.38 bits per heavy atom. The van der Waals surface area contributed by atoms with Crippen molar-refractivity contribution >= 4 is 22.4 Å². The molecule has 118 valence electrons. The fourth-order valence-corrected chi connectivity index (χ4v) is 3.93. The number of esters is 1. The Morgan fingerprint density at radius 3 is 2.62 bits per heavy atom. The Bertz CT molecular complexity index is 459. The second-order valence-corrected chi connectivity index (χ2v) is 6.73. The summed E-state index contributed by atoms with van der Waals surface area (Å²) in [7, 11) is 1.43. The third kappa shape index (κ3) is 3.96. The van der Waals surface area contributed by atoms with E-state index in [9.17, 15) is 4.79 Å². The van der Waals surface area contributed by atoms with Crippen LogP contribution < -0.4 is 4.90 Å². The number of aryl methyl sites for hydroxylation is 1. The van der Waals surface area contributed by atoms with Crippen molar-refractivity contribution in [2.45, 2.75) is 52.4 Å². The standard InChI is InChI=1S/C16H26N2O2S/c1-4-16(5-2)8-10-18(11-9-16)15-17-13(12-21-15)6-7-14(19)20-3/h12H,4-11H2,1-3H3. The molecule has 1 fully saturated rings. The maximum atomic E-state index is 11.2. The van der Waals surface area contributed by atoms with Gasteiger partial charge in [-0.05, 0) is 18.3 Å². The van der Waals surface area contributed by atoms with Crippen LogP contribution in [0.2, 0.25) is 0 Å². The molecule has 0 unspecified atom stereocenters. The predicted molar refractivity (Wildman–Crippen MR) is 86.9 cm³/mol. The first-order chi connectivity index (χ1) is 10.1. The first kappa shape index (κ1) is 16.3. The zero-order chi connectivity index (χ0) is 15.3. The van der Waals surface area contributed by atoms with Gasteiger partial charge in [-0.2, -0.15) is 0 Å². The molecular formula is C16H26N2O2S. The molecule has 1 aromatic rings. The molecule has 1 saturated heterocycles. The number of nitrogens with zero attached hydrogens (tertiary/aromatic N) is 2. The summed E-state index contributed by atoms with van der Waals surface area (Å²) in [4.78, 5) is 18.2. The van der Waals surface area contributed by atoms with Crippen LogP contribution in [0.3, 0.4) is 0 Å². The molecule has 0 saturated carbocycles. The van der Waals surface area contributed by atoms with Crippen molar-refractivity contribution in [3.05, 3.63) is 11.1 Å². The quantitative estimate of drug-likeness (QED) is 0.752. The van der Waals surface area contributed by atoms with E-state index in [4.69, 9.17) is 0 Å². The topological polar surface area (TPSA) is 42.4 Å². The Kier molecular flexibility index (Phi) is 5.62. The smallest absolute Gasteiger partial charge is 0.305 e. The number of anilines is 1. The first-order valence-corrected chi connectivity index (χ1v) is 8.76. The lowest BCUT2D eigenvalue weighted by Gasteiger charge is -2.40. The van der Waals surface area contributed by atoms with Gasteiger partial charge in [0, 0.05) is 24.9 Å². The number of methoxy groups -OCH3 is 1. The van der Waals surface area contributed by atoms with Gasteiger partial charge in [-0.15, -0.1) is 11.3 Å². The van der Waals surface area contributed by atoms with Crippen LogP contribution >= 0.6 is 11.3 Å². The Hall–Kier alpha value is -1.10. The zero-order valence-corrected chi connectivity index (χ0v) is 14.2. The summed E-state index contributed by atoms with van der Waals surface area (Å²) in [5.41, 5.74) is 1.55. The molecule has 0 spiro atoms. The summed E-state index contributed by atoms with van der Waals surface area (Å²) in [6.07, 6.45) is 6.16. The highest BCUT2D eigenvalue weighted by Gasteiger charge is 2.31. The minimum atomic E-state index is -0.168. The van der Waals surface area contributed by atoms with Gasteiger partial charge >= 0.3 is 5.97 Å². The third-order valence-corrected chi connectivity index (χ3v) is 5.90. The number of ether oxygens (including phenoxy) is 1. The van der Waals surface area contributed by atoms with Crippen LogP contribution in [0.1, 0.15) is 51.6 Å². The maximum Gasteiger partial charge on any atom is 0.305 e. The lowest BCUT2D eigenvalue weighted by molar-refractivity contribution is -0.140. The van der Waals surface area contributed by atoms with E-state index in [0.29, 0.717) is 18.3 Å². The minimum absolute atomic E-state index is 0.168. The van der Waals surface area contributed by atoms with Crippen molar-refractivity contribution in [1.29, 1.82) is 0 Å². The van der Waals surface area contributed by atoms with Gasteiger partial charge in [0.05, 0.1) is 19.2 Å². The number of hydrogen-bond acceptors (Lipinski definition) is 5. The molecule has 2 rings (SSSR count). The van der Waals surface area contributed by atoms with Gasteiger partial charge in [0.25, 0.3) is 0 Å². The Morgan fingerprint density at radius 2 is 2.05 bits per heavy atom. The van der Waals surface area contributed by atoms with Gasteiger partial charge in [-0.1, -0.05) is 26.7 Å². The summed E-state index contributed by atoms with van der Waals surface area (Å²) in [5, 5.41) is 3.18. The number of carbonyl (C=O) groups is 1. The second-order valence-electron chi connectivity index (χ2n) is 5.89. The first-order valence-electron chi connectivity index (χ1n) is 7.88. The van der Waals surface area contributed by atoms with E-state index in [1.807, 2.05) is 0 Å². The minimum Gasteiger partial charge on any atom is -0.469 e. The third-order valence-electron chi connectivity index (χ3n) is 4.95. The van der Waals surface area contributed by atoms with Crippen molar-refractivity contribution in [2.24, 2.45) is 5.41 Å². The lowest BCUT2D eigenvalue weighted by Crippen LogP contribution is -2.39. The highest BCUT2D eigenvalue weighted by atomic mass is 32.1. The zero-order valence-electron chi connectivity index (χ0n) is 13.4. The molecule has 1 aromatic heterocycles. The van der Waals surface area contributed by atoms with E-state index in [2.05, 4.69) is 33.8 Å². The molecule has 1 aliphatic rings. The van der Waals surface area contributed by atoms with Crippen molar-refractivity contribution in [2.75, 3.05) is 25.1 Å². The average Bonchev–Trinajstić information content (AvgIpc) is 3.01. The number of aromatic nitrogens is 1. The van der Waals surface area contributed by atoms with E-state index >= 15 is 0 Å².